The minimum absolute atomic E-state index is 0.152. The van der Waals surface area contributed by atoms with Gasteiger partial charge in [0.1, 0.15) is 29.5 Å². The number of ether oxygens (including phenoxy) is 2. The van der Waals surface area contributed by atoms with Crippen molar-refractivity contribution < 1.29 is 23.1 Å². The van der Waals surface area contributed by atoms with E-state index in [2.05, 4.69) is 0 Å². The summed E-state index contributed by atoms with van der Waals surface area (Å²) in [5.41, 5.74) is 1.49. The van der Waals surface area contributed by atoms with Gasteiger partial charge in [0.2, 0.25) is 0 Å². The van der Waals surface area contributed by atoms with Crippen LogP contribution in [0.25, 0.3) is 11.0 Å². The third kappa shape index (κ3) is 4.07. The molecule has 3 aromatic carbocycles. The average molecular weight is 404 g/mol. The summed E-state index contributed by atoms with van der Waals surface area (Å²) < 4.78 is 29.2. The number of hydrogen-bond acceptors (Lipinski definition) is 5. The second-order valence-electron chi connectivity index (χ2n) is 6.60. The van der Waals surface area contributed by atoms with E-state index in [1.165, 1.54) is 37.4 Å². The van der Waals surface area contributed by atoms with Gasteiger partial charge in [0, 0.05) is 34.2 Å². The number of rotatable bonds is 6. The molecule has 0 bridgehead atoms. The van der Waals surface area contributed by atoms with E-state index >= 15 is 0 Å². The fraction of sp³-hybridized carbons (Fsp3) is 0.0833. The van der Waals surface area contributed by atoms with Crippen LogP contribution >= 0.6 is 0 Å². The molecule has 4 aromatic rings. The summed E-state index contributed by atoms with van der Waals surface area (Å²) in [6.07, 6.45) is 0. The van der Waals surface area contributed by atoms with Crippen molar-refractivity contribution in [1.82, 2.24) is 0 Å². The van der Waals surface area contributed by atoms with E-state index < -0.39 is 11.4 Å². The Morgan fingerprint density at radius 2 is 1.53 bits per heavy atom. The summed E-state index contributed by atoms with van der Waals surface area (Å²) in [4.78, 5) is 24.3. The second-order valence-corrected chi connectivity index (χ2v) is 6.60. The fourth-order valence-electron chi connectivity index (χ4n) is 3.09. The zero-order valence-electron chi connectivity index (χ0n) is 16.1. The van der Waals surface area contributed by atoms with Gasteiger partial charge >= 0.3 is 5.63 Å². The SMILES string of the molecule is COc1ccc2c(COc3ccc(C(=O)c4ccc(F)cc4)cc3)cc(=O)oc2c1. The molecule has 4 rings (SSSR count). The van der Waals surface area contributed by atoms with E-state index in [4.69, 9.17) is 13.9 Å². The first kappa shape index (κ1) is 19.4. The Hall–Kier alpha value is -3.93. The molecule has 0 aliphatic heterocycles. The molecule has 30 heavy (non-hydrogen) atoms. The minimum Gasteiger partial charge on any atom is -0.497 e. The second kappa shape index (κ2) is 8.21. The first-order chi connectivity index (χ1) is 14.5. The first-order valence-electron chi connectivity index (χ1n) is 9.17. The van der Waals surface area contributed by atoms with E-state index in [-0.39, 0.29) is 12.4 Å². The predicted octanol–water partition coefficient (Wildman–Crippen LogP) is 4.75. The summed E-state index contributed by atoms with van der Waals surface area (Å²) in [5, 5.41) is 0.749. The maximum Gasteiger partial charge on any atom is 0.336 e. The molecule has 0 atom stereocenters. The van der Waals surface area contributed by atoms with Crippen LogP contribution in [-0.4, -0.2) is 12.9 Å². The third-order valence-electron chi connectivity index (χ3n) is 4.65. The van der Waals surface area contributed by atoms with Crippen LogP contribution in [0, 0.1) is 5.82 Å². The molecule has 6 heteroatoms. The molecular formula is C24H17FO5. The Morgan fingerprint density at radius 3 is 2.20 bits per heavy atom. The highest BCUT2D eigenvalue weighted by atomic mass is 19.1. The van der Waals surface area contributed by atoms with Crippen molar-refractivity contribution in [1.29, 1.82) is 0 Å². The number of halogens is 1. The molecule has 0 N–H and O–H groups in total. The van der Waals surface area contributed by atoms with Gasteiger partial charge < -0.3 is 13.9 Å². The molecule has 0 unspecified atom stereocenters. The van der Waals surface area contributed by atoms with Crippen molar-refractivity contribution in [2.75, 3.05) is 7.11 Å². The van der Waals surface area contributed by atoms with Gasteiger partial charge in [0.25, 0.3) is 0 Å². The summed E-state index contributed by atoms with van der Waals surface area (Å²) in [5.74, 6) is 0.532. The van der Waals surface area contributed by atoms with Crippen LogP contribution in [0.15, 0.2) is 82.0 Å². The van der Waals surface area contributed by atoms with E-state index in [0.717, 1.165) is 5.39 Å². The Balaban J connectivity index is 1.51. The minimum atomic E-state index is -0.477. The number of benzene rings is 3. The molecule has 1 heterocycles. The molecule has 1 aromatic heterocycles. The highest BCUT2D eigenvalue weighted by Crippen LogP contribution is 2.24. The monoisotopic (exact) mass is 404 g/mol. The van der Waals surface area contributed by atoms with Gasteiger partial charge in [-0.1, -0.05) is 0 Å². The molecular weight excluding hydrogens is 387 g/mol. The third-order valence-corrected chi connectivity index (χ3v) is 4.65. The van der Waals surface area contributed by atoms with Gasteiger partial charge in [0.15, 0.2) is 5.78 Å². The number of hydrogen-bond donors (Lipinski definition) is 0. The number of methoxy groups -OCH3 is 1. The van der Waals surface area contributed by atoms with Crippen molar-refractivity contribution in [2.24, 2.45) is 0 Å². The number of fused-ring (bicyclic) bond motifs is 1. The molecule has 150 valence electrons. The molecule has 0 radical (unpaired) electrons. The largest absolute Gasteiger partial charge is 0.497 e. The Labute approximate surface area is 171 Å². The van der Waals surface area contributed by atoms with E-state index in [9.17, 15) is 14.0 Å². The lowest BCUT2D eigenvalue weighted by Crippen LogP contribution is -2.05. The number of carbonyl (C=O) groups is 1. The van der Waals surface area contributed by atoms with Gasteiger partial charge in [-0.2, -0.15) is 0 Å². The topological polar surface area (TPSA) is 65.7 Å². The van der Waals surface area contributed by atoms with Crippen molar-refractivity contribution in [3.63, 3.8) is 0 Å². The predicted molar refractivity (Wildman–Crippen MR) is 110 cm³/mol. The van der Waals surface area contributed by atoms with E-state index in [1.807, 2.05) is 0 Å². The molecule has 0 saturated heterocycles. The Morgan fingerprint density at radius 1 is 0.900 bits per heavy atom. The van der Waals surface area contributed by atoms with Crippen LogP contribution in [0.3, 0.4) is 0 Å². The van der Waals surface area contributed by atoms with Crippen molar-refractivity contribution in [2.45, 2.75) is 6.61 Å². The molecule has 0 fully saturated rings. The van der Waals surface area contributed by atoms with Crippen LogP contribution in [0.5, 0.6) is 11.5 Å². The molecule has 0 saturated carbocycles. The maximum atomic E-state index is 13.0. The quantitative estimate of drug-likeness (QED) is 0.343. The highest BCUT2D eigenvalue weighted by Gasteiger charge is 2.11. The normalized spacial score (nSPS) is 10.7. The Bertz CT molecular complexity index is 1260. The standard InChI is InChI=1S/C24H17FO5/c1-28-20-10-11-21-17(12-23(26)30-22(21)13-20)14-29-19-8-4-16(5-9-19)24(27)15-2-6-18(25)7-3-15/h2-13H,14H2,1H3. The molecule has 0 aliphatic rings. The van der Waals surface area contributed by atoms with Crippen molar-refractivity contribution in [3.8, 4) is 11.5 Å². The van der Waals surface area contributed by atoms with Crippen LogP contribution < -0.4 is 15.1 Å². The summed E-state index contributed by atoms with van der Waals surface area (Å²) in [6, 6.07) is 18.7. The number of carbonyl (C=O) groups excluding carboxylic acids is 1. The van der Waals surface area contributed by atoms with Crippen molar-refractivity contribution >= 4 is 16.8 Å². The molecule has 0 spiro atoms. The van der Waals surface area contributed by atoms with Crippen LogP contribution in [0.4, 0.5) is 4.39 Å². The fourth-order valence-corrected chi connectivity index (χ4v) is 3.09. The van der Waals surface area contributed by atoms with Gasteiger partial charge in [-0.05, 0) is 60.7 Å². The maximum absolute atomic E-state index is 13.0. The lowest BCUT2D eigenvalue weighted by Gasteiger charge is -2.10. The van der Waals surface area contributed by atoms with Gasteiger partial charge in [-0.3, -0.25) is 4.79 Å². The molecule has 5 nitrogen and oxygen atoms in total. The van der Waals surface area contributed by atoms with Gasteiger partial charge in [0.05, 0.1) is 7.11 Å². The Kier molecular flexibility index (Phi) is 5.30. The van der Waals surface area contributed by atoms with Crippen LogP contribution in [0.2, 0.25) is 0 Å². The lowest BCUT2D eigenvalue weighted by molar-refractivity contribution is 0.103. The lowest BCUT2D eigenvalue weighted by atomic mass is 10.0. The summed E-state index contributed by atoms with van der Waals surface area (Å²) in [6.45, 7) is 0.152. The zero-order chi connectivity index (χ0) is 21.1. The summed E-state index contributed by atoms with van der Waals surface area (Å²) in [7, 11) is 1.54. The first-order valence-corrected chi connectivity index (χ1v) is 9.17. The average Bonchev–Trinajstić information content (AvgIpc) is 2.77. The number of ketones is 1. The zero-order valence-corrected chi connectivity index (χ0v) is 16.1. The summed E-state index contributed by atoms with van der Waals surface area (Å²) >= 11 is 0. The van der Waals surface area contributed by atoms with Crippen LogP contribution in [0.1, 0.15) is 21.5 Å². The smallest absolute Gasteiger partial charge is 0.336 e. The molecule has 0 amide bonds. The van der Waals surface area contributed by atoms with E-state index in [1.54, 1.807) is 42.5 Å². The van der Waals surface area contributed by atoms with Gasteiger partial charge in [-0.15, -0.1) is 0 Å². The molecule has 0 aliphatic carbocycles. The van der Waals surface area contributed by atoms with E-state index in [0.29, 0.717) is 33.8 Å². The van der Waals surface area contributed by atoms with Crippen LogP contribution in [-0.2, 0) is 6.61 Å². The van der Waals surface area contributed by atoms with Gasteiger partial charge in [-0.25, -0.2) is 9.18 Å². The highest BCUT2D eigenvalue weighted by molar-refractivity contribution is 6.09. The van der Waals surface area contributed by atoms with Crippen molar-refractivity contribution in [3.05, 3.63) is 106 Å².